The predicted octanol–water partition coefficient (Wildman–Crippen LogP) is 4.29. The molecule has 0 saturated heterocycles. The summed E-state index contributed by atoms with van der Waals surface area (Å²) in [5.41, 5.74) is 6.61. The van der Waals surface area contributed by atoms with Crippen LogP contribution in [0.1, 0.15) is 32.0 Å². The smallest absolute Gasteiger partial charge is 0.0462 e. The molecule has 15 heavy (non-hydrogen) atoms. The number of aromatic amines is 1. The van der Waals surface area contributed by atoms with E-state index in [1.807, 2.05) is 0 Å². The van der Waals surface area contributed by atoms with Crippen molar-refractivity contribution < 1.29 is 0 Å². The van der Waals surface area contributed by atoms with Gasteiger partial charge in [-0.3, -0.25) is 0 Å². The maximum Gasteiger partial charge on any atom is 0.0462 e. The highest BCUT2D eigenvalue weighted by molar-refractivity contribution is 5.94. The van der Waals surface area contributed by atoms with Crippen LogP contribution < -0.4 is 0 Å². The van der Waals surface area contributed by atoms with E-state index in [2.05, 4.69) is 56.9 Å². The van der Waals surface area contributed by atoms with Gasteiger partial charge in [0.1, 0.15) is 0 Å². The number of hydrogen-bond donors (Lipinski definition) is 1. The van der Waals surface area contributed by atoms with Gasteiger partial charge in [0.05, 0.1) is 0 Å². The van der Waals surface area contributed by atoms with Crippen molar-refractivity contribution in [3.8, 4) is 0 Å². The van der Waals surface area contributed by atoms with Gasteiger partial charge in [-0.1, -0.05) is 23.8 Å². The fraction of sp³-hybridized carbons (Fsp3) is 0.286. The van der Waals surface area contributed by atoms with Crippen LogP contribution >= 0.6 is 0 Å². The maximum absolute atomic E-state index is 3.43. The van der Waals surface area contributed by atoms with Crippen LogP contribution in [0.25, 0.3) is 16.5 Å². The Kier molecular flexibility index (Phi) is 2.39. The average molecular weight is 199 g/mol. The molecular weight excluding hydrogens is 182 g/mol. The third kappa shape index (κ3) is 1.58. The Hall–Kier alpha value is -1.50. The summed E-state index contributed by atoms with van der Waals surface area (Å²) in [5, 5.41) is 1.33. The van der Waals surface area contributed by atoms with Gasteiger partial charge >= 0.3 is 0 Å². The fourth-order valence-corrected chi connectivity index (χ4v) is 2.01. The van der Waals surface area contributed by atoms with Crippen LogP contribution in [0.3, 0.4) is 0 Å². The highest BCUT2D eigenvalue weighted by Crippen LogP contribution is 2.29. The first-order valence-corrected chi connectivity index (χ1v) is 5.33. The van der Waals surface area contributed by atoms with Crippen molar-refractivity contribution in [3.05, 3.63) is 41.1 Å². The summed E-state index contributed by atoms with van der Waals surface area (Å²) in [6.07, 6.45) is 0. The molecule has 0 aliphatic carbocycles. The molecule has 2 aromatic rings. The van der Waals surface area contributed by atoms with Crippen LogP contribution in [0.15, 0.2) is 29.8 Å². The quantitative estimate of drug-likeness (QED) is 0.705. The number of fused-ring (bicyclic) bond motifs is 1. The Balaban J connectivity index is 2.81. The molecular formula is C14H17N. The van der Waals surface area contributed by atoms with E-state index in [-0.39, 0.29) is 0 Å². The lowest BCUT2D eigenvalue weighted by Crippen LogP contribution is -1.84. The summed E-state index contributed by atoms with van der Waals surface area (Å²) < 4.78 is 0. The summed E-state index contributed by atoms with van der Waals surface area (Å²) in [6, 6.07) is 8.47. The second-order valence-electron chi connectivity index (χ2n) is 4.30. The summed E-state index contributed by atoms with van der Waals surface area (Å²) in [7, 11) is 0. The second-order valence-corrected chi connectivity index (χ2v) is 4.30. The normalized spacial score (nSPS) is 10.7. The largest absolute Gasteiger partial charge is 0.358 e. The minimum absolute atomic E-state index is 1.23. The van der Waals surface area contributed by atoms with Gasteiger partial charge in [-0.25, -0.2) is 0 Å². The van der Waals surface area contributed by atoms with Crippen LogP contribution in [-0.4, -0.2) is 4.98 Å². The molecule has 0 spiro atoms. The van der Waals surface area contributed by atoms with E-state index in [4.69, 9.17) is 0 Å². The first-order chi connectivity index (χ1) is 7.11. The number of para-hydroxylation sites is 1. The number of hydrogen-bond acceptors (Lipinski definition) is 0. The SMILES string of the molecule is CC(C)=C(C)c1c(C)[nH]c2ccccc12. The van der Waals surface area contributed by atoms with E-state index in [1.54, 1.807) is 0 Å². The first kappa shape index (κ1) is 10.0. The van der Waals surface area contributed by atoms with Crippen LogP contribution in [-0.2, 0) is 0 Å². The highest BCUT2D eigenvalue weighted by Gasteiger charge is 2.09. The topological polar surface area (TPSA) is 15.8 Å². The lowest BCUT2D eigenvalue weighted by molar-refractivity contribution is 1.27. The van der Waals surface area contributed by atoms with E-state index < -0.39 is 0 Å². The molecule has 0 atom stereocenters. The number of rotatable bonds is 1. The molecule has 0 fully saturated rings. The van der Waals surface area contributed by atoms with Crippen molar-refractivity contribution >= 4 is 16.5 Å². The van der Waals surface area contributed by atoms with Crippen molar-refractivity contribution in [2.24, 2.45) is 0 Å². The molecule has 0 saturated carbocycles. The van der Waals surface area contributed by atoms with Crippen LogP contribution in [0.5, 0.6) is 0 Å². The molecule has 78 valence electrons. The zero-order valence-electron chi connectivity index (χ0n) is 9.81. The van der Waals surface area contributed by atoms with Crippen LogP contribution in [0.4, 0.5) is 0 Å². The summed E-state index contributed by atoms with van der Waals surface area (Å²) >= 11 is 0. The van der Waals surface area contributed by atoms with Crippen LogP contribution in [0, 0.1) is 6.92 Å². The van der Waals surface area contributed by atoms with Crippen LogP contribution in [0.2, 0.25) is 0 Å². The monoisotopic (exact) mass is 199 g/mol. The summed E-state index contributed by atoms with van der Waals surface area (Å²) in [4.78, 5) is 3.43. The molecule has 1 aromatic heterocycles. The number of allylic oxidation sites excluding steroid dienone is 2. The van der Waals surface area contributed by atoms with Gasteiger partial charge < -0.3 is 4.98 Å². The number of nitrogens with one attached hydrogen (secondary N) is 1. The molecule has 1 heterocycles. The van der Waals surface area contributed by atoms with Gasteiger partial charge in [0.2, 0.25) is 0 Å². The van der Waals surface area contributed by atoms with E-state index in [1.165, 1.54) is 33.3 Å². The molecule has 0 bridgehead atoms. The number of benzene rings is 1. The molecule has 0 aliphatic rings. The standard InChI is InChI=1S/C14H17N/c1-9(2)10(3)14-11(4)15-13-8-6-5-7-12(13)14/h5-8,15H,1-4H3. The Bertz CT molecular complexity index is 525. The molecule has 0 unspecified atom stereocenters. The molecule has 2 rings (SSSR count). The summed E-state index contributed by atoms with van der Waals surface area (Å²) in [6.45, 7) is 8.66. The van der Waals surface area contributed by atoms with E-state index in [9.17, 15) is 0 Å². The van der Waals surface area contributed by atoms with Gasteiger partial charge in [-0.2, -0.15) is 0 Å². The Morgan fingerprint density at radius 2 is 1.73 bits per heavy atom. The predicted molar refractivity (Wildman–Crippen MR) is 67.0 cm³/mol. The molecule has 0 aliphatic heterocycles. The zero-order chi connectivity index (χ0) is 11.0. The van der Waals surface area contributed by atoms with Crippen molar-refractivity contribution in [2.45, 2.75) is 27.7 Å². The van der Waals surface area contributed by atoms with Gasteiger partial charge in [0.15, 0.2) is 0 Å². The number of H-pyrrole nitrogens is 1. The first-order valence-electron chi connectivity index (χ1n) is 5.33. The van der Waals surface area contributed by atoms with Crippen molar-refractivity contribution in [3.63, 3.8) is 0 Å². The minimum atomic E-state index is 1.23. The maximum atomic E-state index is 3.43. The van der Waals surface area contributed by atoms with Gasteiger partial charge in [-0.15, -0.1) is 0 Å². The third-order valence-corrected chi connectivity index (χ3v) is 3.02. The molecule has 1 heteroatoms. The Labute approximate surface area is 90.8 Å². The number of aryl methyl sites for hydroxylation is 1. The third-order valence-electron chi connectivity index (χ3n) is 3.02. The number of aromatic nitrogens is 1. The lowest BCUT2D eigenvalue weighted by atomic mass is 10.0. The molecule has 1 N–H and O–H groups in total. The molecule has 0 radical (unpaired) electrons. The van der Waals surface area contributed by atoms with Gasteiger partial charge in [0.25, 0.3) is 0 Å². The van der Waals surface area contributed by atoms with Crippen molar-refractivity contribution in [2.75, 3.05) is 0 Å². The second kappa shape index (κ2) is 3.58. The van der Waals surface area contributed by atoms with Crippen molar-refractivity contribution in [1.82, 2.24) is 4.98 Å². The molecule has 0 amide bonds. The Morgan fingerprint density at radius 3 is 2.40 bits per heavy atom. The van der Waals surface area contributed by atoms with Gasteiger partial charge in [-0.05, 0) is 39.3 Å². The zero-order valence-corrected chi connectivity index (χ0v) is 9.81. The average Bonchev–Trinajstić information content (AvgIpc) is 2.52. The van der Waals surface area contributed by atoms with E-state index >= 15 is 0 Å². The van der Waals surface area contributed by atoms with E-state index in [0.29, 0.717) is 0 Å². The molecule has 1 aromatic carbocycles. The molecule has 1 nitrogen and oxygen atoms in total. The Morgan fingerprint density at radius 1 is 1.07 bits per heavy atom. The summed E-state index contributed by atoms with van der Waals surface area (Å²) in [5.74, 6) is 0. The highest BCUT2D eigenvalue weighted by atomic mass is 14.7. The van der Waals surface area contributed by atoms with Crippen molar-refractivity contribution in [1.29, 1.82) is 0 Å². The fourth-order valence-electron chi connectivity index (χ4n) is 2.01. The van der Waals surface area contributed by atoms with Gasteiger partial charge in [0, 0.05) is 22.2 Å². The lowest BCUT2D eigenvalue weighted by Gasteiger charge is -2.04. The minimum Gasteiger partial charge on any atom is -0.358 e. The van der Waals surface area contributed by atoms with E-state index in [0.717, 1.165) is 0 Å².